The smallest absolute Gasteiger partial charge is 0.287 e. The summed E-state index contributed by atoms with van der Waals surface area (Å²) in [4.78, 5) is 11.4. The molecule has 7 heteroatoms. The van der Waals surface area contributed by atoms with Crippen molar-refractivity contribution in [3.8, 4) is 0 Å². The molecule has 2 N–H and O–H groups in total. The van der Waals surface area contributed by atoms with E-state index >= 15 is 0 Å². The van der Waals surface area contributed by atoms with Crippen LogP contribution in [0.1, 0.15) is 10.6 Å². The van der Waals surface area contributed by atoms with Gasteiger partial charge in [0.1, 0.15) is 0 Å². The van der Waals surface area contributed by atoms with E-state index in [2.05, 4.69) is 10.6 Å². The summed E-state index contributed by atoms with van der Waals surface area (Å²) in [5.74, 6) is -0.0395. The van der Waals surface area contributed by atoms with Crippen LogP contribution in [0, 0.1) is 0 Å². The van der Waals surface area contributed by atoms with E-state index in [9.17, 15) is 4.79 Å². The highest BCUT2D eigenvalue weighted by molar-refractivity contribution is 6.29. The van der Waals surface area contributed by atoms with E-state index in [1.807, 2.05) is 0 Å². The maximum absolute atomic E-state index is 11.4. The number of furan rings is 1. The predicted octanol–water partition coefficient (Wildman–Crippen LogP) is 1.32. The van der Waals surface area contributed by atoms with Crippen molar-refractivity contribution in [3.63, 3.8) is 0 Å². The number of rotatable bonds is 7. The minimum atomic E-state index is -0.263. The van der Waals surface area contributed by atoms with Gasteiger partial charge in [-0.3, -0.25) is 4.79 Å². The van der Waals surface area contributed by atoms with Crippen LogP contribution < -0.4 is 10.6 Å². The zero-order chi connectivity index (χ0) is 11.8. The molecule has 17 heavy (non-hydrogen) atoms. The Labute approximate surface area is 111 Å². The Bertz CT molecular complexity index is 331. The Morgan fingerprint density at radius 3 is 2.76 bits per heavy atom. The van der Waals surface area contributed by atoms with Crippen LogP contribution in [0.5, 0.6) is 0 Å². The van der Waals surface area contributed by atoms with Crippen LogP contribution in [0.2, 0.25) is 5.22 Å². The number of amides is 1. The lowest BCUT2D eigenvalue weighted by Crippen LogP contribution is -2.32. The van der Waals surface area contributed by atoms with Gasteiger partial charge in [-0.05, 0) is 23.7 Å². The van der Waals surface area contributed by atoms with E-state index in [1.54, 1.807) is 7.11 Å². The molecule has 0 atom stereocenters. The van der Waals surface area contributed by atoms with E-state index in [0.29, 0.717) is 19.7 Å². The molecule has 0 aromatic carbocycles. The van der Waals surface area contributed by atoms with Gasteiger partial charge < -0.3 is 19.8 Å². The van der Waals surface area contributed by atoms with Gasteiger partial charge in [0.05, 0.1) is 6.61 Å². The monoisotopic (exact) mass is 282 g/mol. The first kappa shape index (κ1) is 16.2. The van der Waals surface area contributed by atoms with Gasteiger partial charge in [0.15, 0.2) is 11.0 Å². The number of ether oxygens (including phenoxy) is 1. The molecule has 0 unspecified atom stereocenters. The second-order valence-electron chi connectivity index (χ2n) is 3.10. The minimum Gasteiger partial charge on any atom is -0.440 e. The Balaban J connectivity index is 0.00000256. The number of nitrogens with one attached hydrogen (secondary N) is 2. The van der Waals surface area contributed by atoms with E-state index in [4.69, 9.17) is 20.8 Å². The molecule has 1 amide bonds. The molecular weight excluding hydrogens is 267 g/mol. The lowest BCUT2D eigenvalue weighted by atomic mass is 10.4. The van der Waals surface area contributed by atoms with Crippen LogP contribution in [-0.2, 0) is 4.74 Å². The number of hydrogen-bond acceptors (Lipinski definition) is 4. The average molecular weight is 283 g/mol. The van der Waals surface area contributed by atoms with Gasteiger partial charge in [0, 0.05) is 26.7 Å². The number of carbonyl (C=O) groups excluding carboxylic acids is 1. The molecule has 0 aliphatic heterocycles. The fraction of sp³-hybridized carbons (Fsp3) is 0.500. The van der Waals surface area contributed by atoms with Crippen LogP contribution in [0.4, 0.5) is 0 Å². The fourth-order valence-electron chi connectivity index (χ4n) is 1.09. The van der Waals surface area contributed by atoms with Crippen LogP contribution in [-0.4, -0.2) is 39.3 Å². The molecule has 1 heterocycles. The molecule has 1 aromatic heterocycles. The number of hydrogen-bond donors (Lipinski definition) is 2. The second kappa shape index (κ2) is 9.30. The van der Waals surface area contributed by atoms with E-state index in [0.717, 1.165) is 6.54 Å². The van der Waals surface area contributed by atoms with E-state index < -0.39 is 0 Å². The van der Waals surface area contributed by atoms with Crippen LogP contribution in [0.3, 0.4) is 0 Å². The Morgan fingerprint density at radius 2 is 2.18 bits per heavy atom. The molecule has 0 radical (unpaired) electrons. The molecular formula is C10H16Cl2N2O3. The van der Waals surface area contributed by atoms with Gasteiger partial charge in [0.2, 0.25) is 0 Å². The maximum atomic E-state index is 11.4. The van der Waals surface area contributed by atoms with Crippen molar-refractivity contribution in [2.45, 2.75) is 0 Å². The lowest BCUT2D eigenvalue weighted by molar-refractivity contribution is 0.0926. The summed E-state index contributed by atoms with van der Waals surface area (Å²) in [5, 5.41) is 6.01. The van der Waals surface area contributed by atoms with E-state index in [1.165, 1.54) is 12.1 Å². The molecule has 0 aliphatic carbocycles. The van der Waals surface area contributed by atoms with Gasteiger partial charge in [-0.15, -0.1) is 12.4 Å². The topological polar surface area (TPSA) is 63.5 Å². The molecule has 0 spiro atoms. The van der Waals surface area contributed by atoms with Crippen molar-refractivity contribution in [3.05, 3.63) is 23.1 Å². The molecule has 0 fully saturated rings. The largest absolute Gasteiger partial charge is 0.440 e. The van der Waals surface area contributed by atoms with Gasteiger partial charge in [-0.25, -0.2) is 0 Å². The zero-order valence-corrected chi connectivity index (χ0v) is 11.1. The average Bonchev–Trinajstić information content (AvgIpc) is 2.70. The normalized spacial score (nSPS) is 9.76. The molecule has 0 saturated heterocycles. The van der Waals surface area contributed by atoms with Crippen LogP contribution in [0.25, 0.3) is 0 Å². The van der Waals surface area contributed by atoms with Gasteiger partial charge in [-0.1, -0.05) is 0 Å². The standard InChI is InChI=1S/C10H15ClN2O3.ClH/c1-15-7-6-12-4-5-13-10(14)8-2-3-9(11)16-8;/h2-3,12H,4-7H2,1H3,(H,13,14);1H. The molecule has 0 aliphatic rings. The van der Waals surface area contributed by atoms with Crippen molar-refractivity contribution >= 4 is 29.9 Å². The lowest BCUT2D eigenvalue weighted by Gasteiger charge is -2.04. The molecule has 1 aromatic rings. The van der Waals surface area contributed by atoms with Crippen molar-refractivity contribution in [2.24, 2.45) is 0 Å². The molecule has 1 rings (SSSR count). The molecule has 0 saturated carbocycles. The zero-order valence-electron chi connectivity index (χ0n) is 9.49. The van der Waals surface area contributed by atoms with Crippen molar-refractivity contribution < 1.29 is 13.9 Å². The summed E-state index contributed by atoms with van der Waals surface area (Å²) >= 11 is 5.55. The minimum absolute atomic E-state index is 0. The van der Waals surface area contributed by atoms with Crippen molar-refractivity contribution in [1.29, 1.82) is 0 Å². The first-order chi connectivity index (χ1) is 7.74. The molecule has 0 bridgehead atoms. The highest BCUT2D eigenvalue weighted by Crippen LogP contribution is 2.12. The summed E-state index contributed by atoms with van der Waals surface area (Å²) in [6, 6.07) is 3.07. The number of carbonyl (C=O) groups is 1. The van der Waals surface area contributed by atoms with Gasteiger partial charge >= 0.3 is 0 Å². The third-order valence-corrected chi connectivity index (χ3v) is 2.07. The predicted molar refractivity (Wildman–Crippen MR) is 68.0 cm³/mol. The summed E-state index contributed by atoms with van der Waals surface area (Å²) in [7, 11) is 1.64. The molecule has 5 nitrogen and oxygen atoms in total. The Kier molecular flexibility index (Phi) is 8.89. The molecule has 98 valence electrons. The third-order valence-electron chi connectivity index (χ3n) is 1.87. The number of halogens is 2. The first-order valence-corrected chi connectivity index (χ1v) is 5.35. The third kappa shape index (κ3) is 6.53. The summed E-state index contributed by atoms with van der Waals surface area (Å²) in [6.45, 7) is 2.63. The fourth-order valence-corrected chi connectivity index (χ4v) is 1.23. The highest BCUT2D eigenvalue weighted by atomic mass is 35.5. The van der Waals surface area contributed by atoms with Crippen molar-refractivity contribution in [1.82, 2.24) is 10.6 Å². The Hall–Kier alpha value is -0.750. The van der Waals surface area contributed by atoms with Crippen molar-refractivity contribution in [2.75, 3.05) is 33.4 Å². The Morgan fingerprint density at radius 1 is 1.41 bits per heavy atom. The maximum Gasteiger partial charge on any atom is 0.287 e. The van der Waals surface area contributed by atoms with Crippen LogP contribution >= 0.6 is 24.0 Å². The summed E-state index contributed by atoms with van der Waals surface area (Å²) in [6.07, 6.45) is 0. The summed E-state index contributed by atoms with van der Waals surface area (Å²) < 4.78 is 9.82. The highest BCUT2D eigenvalue weighted by Gasteiger charge is 2.08. The second-order valence-corrected chi connectivity index (χ2v) is 3.47. The summed E-state index contributed by atoms with van der Waals surface area (Å²) in [5.41, 5.74) is 0. The van der Waals surface area contributed by atoms with Gasteiger partial charge in [0.25, 0.3) is 5.91 Å². The number of methoxy groups -OCH3 is 1. The first-order valence-electron chi connectivity index (χ1n) is 4.97. The van der Waals surface area contributed by atoms with Gasteiger partial charge in [-0.2, -0.15) is 0 Å². The SMILES string of the molecule is COCCNCCNC(=O)c1ccc(Cl)o1.Cl. The van der Waals surface area contributed by atoms with E-state index in [-0.39, 0.29) is 29.3 Å². The van der Waals surface area contributed by atoms with Crippen LogP contribution in [0.15, 0.2) is 16.5 Å². The quantitative estimate of drug-likeness (QED) is 0.741.